The Kier molecular flexibility index (Phi) is 2.59. The predicted octanol–water partition coefficient (Wildman–Crippen LogP) is 0.176. The summed E-state index contributed by atoms with van der Waals surface area (Å²) in [7, 11) is 0. The van der Waals surface area contributed by atoms with Crippen LogP contribution in [-0.2, 0) is 14.4 Å². The zero-order valence-corrected chi connectivity index (χ0v) is 6.42. The number of rotatable bonds is 2. The summed E-state index contributed by atoms with van der Waals surface area (Å²) in [6.07, 6.45) is 2.25. The Morgan fingerprint density at radius 1 is 1.73 bits per heavy atom. The Bertz CT molecular complexity index is 179. The summed E-state index contributed by atoms with van der Waals surface area (Å²) in [5.41, 5.74) is 2.43. The van der Waals surface area contributed by atoms with E-state index in [1.165, 1.54) is 6.92 Å². The van der Waals surface area contributed by atoms with Crippen molar-refractivity contribution in [3.63, 3.8) is 0 Å². The second-order valence-electron chi connectivity index (χ2n) is 2.62. The molecule has 4 heteroatoms. The van der Waals surface area contributed by atoms with Gasteiger partial charge in [-0.2, -0.15) is 0 Å². The van der Waals surface area contributed by atoms with E-state index in [2.05, 4.69) is 10.3 Å². The molecule has 0 radical (unpaired) electrons. The van der Waals surface area contributed by atoms with Gasteiger partial charge in [0.25, 0.3) is 0 Å². The van der Waals surface area contributed by atoms with Gasteiger partial charge < -0.3 is 4.84 Å². The molecule has 1 rings (SSSR count). The number of Topliss-reactive ketones (excluding diaryl/α,β-unsaturated/α-hetero) is 1. The van der Waals surface area contributed by atoms with E-state index in [-0.39, 0.29) is 11.8 Å². The van der Waals surface area contributed by atoms with Crippen LogP contribution in [0, 0.1) is 0 Å². The monoisotopic (exact) mass is 157 g/mol. The van der Waals surface area contributed by atoms with Crippen LogP contribution in [-0.4, -0.2) is 17.8 Å². The number of hydrogen-bond acceptors (Lipinski definition) is 4. The zero-order valence-electron chi connectivity index (χ0n) is 6.42. The van der Waals surface area contributed by atoms with Gasteiger partial charge in [0.15, 0.2) is 5.78 Å². The average Bonchev–Trinajstić information content (AvgIpc) is 2.31. The third-order valence-electron chi connectivity index (χ3n) is 1.65. The lowest BCUT2D eigenvalue weighted by molar-refractivity contribution is -0.151. The van der Waals surface area contributed by atoms with Gasteiger partial charge >= 0.3 is 5.97 Å². The first-order valence-electron chi connectivity index (χ1n) is 3.66. The van der Waals surface area contributed by atoms with Crippen molar-refractivity contribution in [3.05, 3.63) is 0 Å². The first-order valence-corrected chi connectivity index (χ1v) is 3.66. The molecule has 0 spiro atoms. The number of carbonyl (C=O) groups excluding carboxylic acids is 2. The minimum atomic E-state index is -0.412. The summed E-state index contributed by atoms with van der Waals surface area (Å²) in [6, 6.07) is -0.265. The van der Waals surface area contributed by atoms with E-state index in [9.17, 15) is 9.59 Å². The van der Waals surface area contributed by atoms with E-state index < -0.39 is 5.97 Å². The predicted molar refractivity (Wildman–Crippen MR) is 37.5 cm³/mol. The molecule has 0 amide bonds. The molecule has 1 aliphatic rings. The third kappa shape index (κ3) is 2.31. The van der Waals surface area contributed by atoms with Crippen molar-refractivity contribution in [1.29, 1.82) is 0 Å². The van der Waals surface area contributed by atoms with Crippen LogP contribution in [0.15, 0.2) is 0 Å². The molecule has 1 aliphatic carbocycles. The smallest absolute Gasteiger partial charge is 0.321 e. The van der Waals surface area contributed by atoms with E-state index in [1.807, 2.05) is 0 Å². The number of hydrogen-bond donors (Lipinski definition) is 1. The Morgan fingerprint density at radius 3 is 2.91 bits per heavy atom. The highest BCUT2D eigenvalue weighted by Crippen LogP contribution is 2.13. The quantitative estimate of drug-likeness (QED) is 0.581. The maximum atomic E-state index is 10.9. The largest absolute Gasteiger partial charge is 0.370 e. The average molecular weight is 157 g/mol. The minimum absolute atomic E-state index is 0.131. The Labute approximate surface area is 64.9 Å². The molecule has 4 nitrogen and oxygen atoms in total. The molecule has 1 N–H and O–H groups in total. The Balaban J connectivity index is 2.26. The Morgan fingerprint density at radius 2 is 2.45 bits per heavy atom. The van der Waals surface area contributed by atoms with Crippen LogP contribution in [0.2, 0.25) is 0 Å². The van der Waals surface area contributed by atoms with Crippen LogP contribution < -0.4 is 5.48 Å². The lowest BCUT2D eigenvalue weighted by Crippen LogP contribution is -2.33. The molecule has 0 aromatic heterocycles. The lowest BCUT2D eigenvalue weighted by atomic mass is 10.3. The highest BCUT2D eigenvalue weighted by Gasteiger charge is 2.24. The highest BCUT2D eigenvalue weighted by atomic mass is 16.7. The summed E-state index contributed by atoms with van der Waals surface area (Å²) in [5.74, 6) is -0.282. The molecule has 0 aliphatic heterocycles. The highest BCUT2D eigenvalue weighted by molar-refractivity contribution is 5.85. The first kappa shape index (κ1) is 8.20. The fourth-order valence-corrected chi connectivity index (χ4v) is 1.09. The number of carbonyl (C=O) groups is 2. The van der Waals surface area contributed by atoms with E-state index in [0.29, 0.717) is 6.42 Å². The van der Waals surface area contributed by atoms with Crippen LogP contribution in [0.4, 0.5) is 0 Å². The van der Waals surface area contributed by atoms with Gasteiger partial charge in [-0.1, -0.05) is 0 Å². The summed E-state index contributed by atoms with van der Waals surface area (Å²) in [5, 5.41) is 0. The maximum Gasteiger partial charge on any atom is 0.321 e. The molecular weight excluding hydrogens is 146 g/mol. The van der Waals surface area contributed by atoms with Crippen molar-refractivity contribution >= 4 is 11.8 Å². The summed E-state index contributed by atoms with van der Waals surface area (Å²) < 4.78 is 0. The van der Waals surface area contributed by atoms with Crippen molar-refractivity contribution in [1.82, 2.24) is 5.48 Å². The number of hydroxylamine groups is 1. The van der Waals surface area contributed by atoms with Crippen LogP contribution in [0.25, 0.3) is 0 Å². The molecule has 1 saturated carbocycles. The minimum Gasteiger partial charge on any atom is -0.370 e. The van der Waals surface area contributed by atoms with Gasteiger partial charge in [0.1, 0.15) is 6.04 Å². The summed E-state index contributed by atoms with van der Waals surface area (Å²) >= 11 is 0. The van der Waals surface area contributed by atoms with Gasteiger partial charge in [0.05, 0.1) is 0 Å². The van der Waals surface area contributed by atoms with E-state index in [4.69, 9.17) is 0 Å². The second kappa shape index (κ2) is 3.48. The third-order valence-corrected chi connectivity index (χ3v) is 1.65. The van der Waals surface area contributed by atoms with Gasteiger partial charge in [-0.05, 0) is 12.8 Å². The van der Waals surface area contributed by atoms with E-state index in [0.717, 1.165) is 12.8 Å². The summed E-state index contributed by atoms with van der Waals surface area (Å²) in [6.45, 7) is 1.30. The van der Waals surface area contributed by atoms with E-state index in [1.54, 1.807) is 0 Å². The maximum absolute atomic E-state index is 10.9. The van der Waals surface area contributed by atoms with Crippen LogP contribution in [0.5, 0.6) is 0 Å². The fourth-order valence-electron chi connectivity index (χ4n) is 1.09. The SMILES string of the molecule is CC(=O)ONC1CCCC1=O. The van der Waals surface area contributed by atoms with Crippen molar-refractivity contribution in [2.45, 2.75) is 32.2 Å². The molecule has 62 valence electrons. The molecule has 0 heterocycles. The molecule has 0 bridgehead atoms. The lowest BCUT2D eigenvalue weighted by Gasteiger charge is -2.07. The molecule has 1 fully saturated rings. The molecule has 1 unspecified atom stereocenters. The molecule has 0 aromatic rings. The standard InChI is InChI=1S/C7H11NO3/c1-5(9)11-8-6-3-2-4-7(6)10/h6,8H,2-4H2,1H3. The van der Waals surface area contributed by atoms with Crippen LogP contribution in [0.1, 0.15) is 26.2 Å². The zero-order chi connectivity index (χ0) is 8.27. The van der Waals surface area contributed by atoms with E-state index >= 15 is 0 Å². The molecular formula is C7H11NO3. The van der Waals surface area contributed by atoms with Gasteiger partial charge in [-0.15, -0.1) is 5.48 Å². The summed E-state index contributed by atoms with van der Waals surface area (Å²) in [4.78, 5) is 25.7. The van der Waals surface area contributed by atoms with Crippen molar-refractivity contribution < 1.29 is 14.4 Å². The molecule has 11 heavy (non-hydrogen) atoms. The second-order valence-corrected chi connectivity index (χ2v) is 2.62. The van der Waals surface area contributed by atoms with Crippen molar-refractivity contribution in [2.24, 2.45) is 0 Å². The van der Waals surface area contributed by atoms with Crippen LogP contribution in [0.3, 0.4) is 0 Å². The van der Waals surface area contributed by atoms with Crippen LogP contribution >= 0.6 is 0 Å². The first-order chi connectivity index (χ1) is 5.20. The van der Waals surface area contributed by atoms with Crippen molar-refractivity contribution in [3.8, 4) is 0 Å². The molecule has 0 aromatic carbocycles. The fraction of sp³-hybridized carbons (Fsp3) is 0.714. The number of nitrogens with one attached hydrogen (secondary N) is 1. The van der Waals surface area contributed by atoms with Gasteiger partial charge in [-0.25, -0.2) is 0 Å². The van der Waals surface area contributed by atoms with Gasteiger partial charge in [-0.3, -0.25) is 9.59 Å². The van der Waals surface area contributed by atoms with Crippen molar-refractivity contribution in [2.75, 3.05) is 0 Å². The number of ketones is 1. The molecule has 0 saturated heterocycles. The van der Waals surface area contributed by atoms with Gasteiger partial charge in [0, 0.05) is 13.3 Å². The topological polar surface area (TPSA) is 55.4 Å². The van der Waals surface area contributed by atoms with Gasteiger partial charge in [0.2, 0.25) is 0 Å². The molecule has 1 atom stereocenters. The normalized spacial score (nSPS) is 23.7. The Hall–Kier alpha value is -0.900.